The molecule has 0 aromatic heterocycles. The summed E-state index contributed by atoms with van der Waals surface area (Å²) in [4.78, 5) is 9.19. The first-order chi connectivity index (χ1) is 13.8. The maximum atomic E-state index is 10.1. The molecule has 0 radical (unpaired) electrons. The summed E-state index contributed by atoms with van der Waals surface area (Å²) in [5.74, 6) is 1.27. The molecular weight excluding hydrogens is 483 g/mol. The number of nitrogens with zero attached hydrogens (tertiary/aromatic N) is 3. The van der Waals surface area contributed by atoms with Crippen LogP contribution in [0.4, 0.5) is 5.69 Å². The summed E-state index contributed by atoms with van der Waals surface area (Å²) in [5.41, 5.74) is 0.902. The van der Waals surface area contributed by atoms with Crippen LogP contribution in [0, 0.1) is 0 Å². The molecule has 1 aromatic rings. The van der Waals surface area contributed by atoms with E-state index in [2.05, 4.69) is 29.0 Å². The Morgan fingerprint density at radius 2 is 1.72 bits per heavy atom. The van der Waals surface area contributed by atoms with Gasteiger partial charge in [-0.1, -0.05) is 25.5 Å². The third-order valence-corrected chi connectivity index (χ3v) is 4.65. The van der Waals surface area contributed by atoms with Gasteiger partial charge >= 0.3 is 0 Å². The number of ether oxygens (including phenoxy) is 2. The molecule has 0 unspecified atom stereocenters. The van der Waals surface area contributed by atoms with Gasteiger partial charge in [0.05, 0.1) is 32.1 Å². The first-order valence-electron chi connectivity index (χ1n) is 10.5. The smallest absolute Gasteiger partial charge is 0.194 e. The zero-order valence-corrected chi connectivity index (χ0v) is 20.1. The molecule has 1 aliphatic rings. The van der Waals surface area contributed by atoms with Crippen molar-refractivity contribution in [3.05, 3.63) is 24.3 Å². The second kappa shape index (κ2) is 15.6. The molecule has 166 valence electrons. The quantitative estimate of drug-likeness (QED) is 0.203. The summed E-state index contributed by atoms with van der Waals surface area (Å²) >= 11 is 0. The summed E-state index contributed by atoms with van der Waals surface area (Å²) in [7, 11) is 0. The van der Waals surface area contributed by atoms with E-state index < -0.39 is 0 Å². The molecule has 7 nitrogen and oxygen atoms in total. The van der Waals surface area contributed by atoms with Gasteiger partial charge in [-0.2, -0.15) is 0 Å². The zero-order chi connectivity index (χ0) is 20.0. The summed E-state index contributed by atoms with van der Waals surface area (Å²) in [6.07, 6.45) is 2.26. The number of benzene rings is 1. The third kappa shape index (κ3) is 9.39. The predicted octanol–water partition coefficient (Wildman–Crippen LogP) is 2.93. The third-order valence-electron chi connectivity index (χ3n) is 4.65. The Labute approximate surface area is 192 Å². The summed E-state index contributed by atoms with van der Waals surface area (Å²) in [6.45, 7) is 11.8. The van der Waals surface area contributed by atoms with Crippen LogP contribution in [0.25, 0.3) is 0 Å². The minimum Gasteiger partial charge on any atom is -0.506 e. The van der Waals surface area contributed by atoms with Crippen LogP contribution in [0.15, 0.2) is 29.3 Å². The van der Waals surface area contributed by atoms with Crippen LogP contribution in [0.1, 0.15) is 26.7 Å². The van der Waals surface area contributed by atoms with Crippen molar-refractivity contribution in [3.63, 3.8) is 0 Å². The minimum atomic E-state index is 0. The summed E-state index contributed by atoms with van der Waals surface area (Å²) in [6, 6.07) is 7.52. The second-order valence-corrected chi connectivity index (χ2v) is 6.78. The van der Waals surface area contributed by atoms with Crippen molar-refractivity contribution in [2.45, 2.75) is 26.7 Å². The molecule has 1 aromatic carbocycles. The molecular formula is C21H37IN4O3. The number of para-hydroxylation sites is 2. The Hall–Kier alpha value is -1.26. The van der Waals surface area contributed by atoms with Crippen LogP contribution >= 0.6 is 24.0 Å². The van der Waals surface area contributed by atoms with Crippen molar-refractivity contribution in [1.29, 1.82) is 0 Å². The molecule has 29 heavy (non-hydrogen) atoms. The molecule has 1 fully saturated rings. The van der Waals surface area contributed by atoms with Crippen LogP contribution in [-0.4, -0.2) is 81.7 Å². The molecule has 2 N–H and O–H groups in total. The van der Waals surface area contributed by atoms with E-state index >= 15 is 0 Å². The molecule has 1 heterocycles. The van der Waals surface area contributed by atoms with Gasteiger partial charge in [-0.3, -0.25) is 4.99 Å². The van der Waals surface area contributed by atoms with Gasteiger partial charge in [0.25, 0.3) is 0 Å². The van der Waals surface area contributed by atoms with Crippen molar-refractivity contribution in [3.8, 4) is 5.75 Å². The van der Waals surface area contributed by atoms with Gasteiger partial charge in [-0.05, 0) is 25.5 Å². The van der Waals surface area contributed by atoms with E-state index in [9.17, 15) is 5.11 Å². The number of guanidine groups is 1. The fraction of sp³-hybridized carbons (Fsp3) is 0.667. The number of phenolic OH excluding ortho intramolecular Hbond substituents is 1. The van der Waals surface area contributed by atoms with Crippen LogP contribution in [0.5, 0.6) is 5.75 Å². The van der Waals surface area contributed by atoms with E-state index in [4.69, 9.17) is 14.5 Å². The Bertz CT molecular complexity index is 581. The second-order valence-electron chi connectivity index (χ2n) is 6.78. The molecule has 1 saturated heterocycles. The van der Waals surface area contributed by atoms with Crippen LogP contribution in [-0.2, 0) is 9.47 Å². The highest BCUT2D eigenvalue weighted by molar-refractivity contribution is 14.0. The highest BCUT2D eigenvalue weighted by Crippen LogP contribution is 2.27. The minimum absolute atomic E-state index is 0. The molecule has 1 aliphatic heterocycles. The molecule has 0 bridgehead atoms. The first kappa shape index (κ1) is 25.8. The maximum Gasteiger partial charge on any atom is 0.194 e. The highest BCUT2D eigenvalue weighted by atomic mass is 127. The molecule has 0 saturated carbocycles. The van der Waals surface area contributed by atoms with Crippen molar-refractivity contribution in [1.82, 2.24) is 10.2 Å². The Kier molecular flexibility index (Phi) is 13.8. The van der Waals surface area contributed by atoms with E-state index in [0.717, 1.165) is 63.8 Å². The first-order valence-corrected chi connectivity index (χ1v) is 10.5. The lowest BCUT2D eigenvalue weighted by molar-refractivity contribution is 0.0497. The highest BCUT2D eigenvalue weighted by Gasteiger charge is 2.21. The van der Waals surface area contributed by atoms with E-state index in [1.807, 2.05) is 18.2 Å². The Morgan fingerprint density at radius 1 is 1.03 bits per heavy atom. The number of aromatic hydroxyl groups is 1. The van der Waals surface area contributed by atoms with Gasteiger partial charge in [0.2, 0.25) is 0 Å². The van der Waals surface area contributed by atoms with Crippen LogP contribution in [0.2, 0.25) is 0 Å². The molecule has 0 amide bonds. The van der Waals surface area contributed by atoms with E-state index in [-0.39, 0.29) is 24.0 Å². The van der Waals surface area contributed by atoms with Gasteiger partial charge in [0, 0.05) is 39.3 Å². The fourth-order valence-electron chi connectivity index (χ4n) is 3.10. The molecule has 0 spiro atoms. The van der Waals surface area contributed by atoms with Crippen molar-refractivity contribution in [2.24, 2.45) is 4.99 Å². The normalized spacial score (nSPS) is 14.6. The van der Waals surface area contributed by atoms with Crippen molar-refractivity contribution in [2.75, 3.05) is 70.6 Å². The number of rotatable bonds is 11. The Morgan fingerprint density at radius 3 is 2.38 bits per heavy atom. The van der Waals surface area contributed by atoms with Crippen LogP contribution < -0.4 is 10.2 Å². The molecule has 8 heteroatoms. The largest absolute Gasteiger partial charge is 0.506 e. The number of phenols is 1. The molecule has 2 rings (SSSR count). The average molecular weight is 520 g/mol. The van der Waals surface area contributed by atoms with Gasteiger partial charge in [0.1, 0.15) is 5.75 Å². The lowest BCUT2D eigenvalue weighted by Gasteiger charge is -2.37. The maximum absolute atomic E-state index is 10.1. The van der Waals surface area contributed by atoms with E-state index in [1.54, 1.807) is 6.07 Å². The zero-order valence-electron chi connectivity index (χ0n) is 17.8. The van der Waals surface area contributed by atoms with Gasteiger partial charge in [0.15, 0.2) is 5.96 Å². The monoisotopic (exact) mass is 520 g/mol. The number of anilines is 1. The topological polar surface area (TPSA) is 69.6 Å². The fourth-order valence-corrected chi connectivity index (χ4v) is 3.10. The molecule has 0 aliphatic carbocycles. The summed E-state index contributed by atoms with van der Waals surface area (Å²) in [5, 5.41) is 13.4. The number of nitrogens with one attached hydrogen (secondary N) is 1. The standard InChI is InChI=1S/C21H36N4O3.HI/c1-3-5-15-27-17-18-28-16-10-23-21(22-4-2)25-13-11-24(12-14-25)19-8-6-7-9-20(19)26;/h6-9,26H,3-5,10-18H2,1-2H3,(H,22,23);1H. The Balaban J connectivity index is 0.00000420. The number of halogens is 1. The lowest BCUT2D eigenvalue weighted by atomic mass is 10.2. The van der Waals surface area contributed by atoms with Crippen molar-refractivity contribution >= 4 is 35.6 Å². The average Bonchev–Trinajstić information content (AvgIpc) is 2.72. The molecule has 0 atom stereocenters. The lowest BCUT2D eigenvalue weighted by Crippen LogP contribution is -2.52. The van der Waals surface area contributed by atoms with Crippen molar-refractivity contribution < 1.29 is 14.6 Å². The van der Waals surface area contributed by atoms with Crippen LogP contribution in [0.3, 0.4) is 0 Å². The number of hydrogen-bond acceptors (Lipinski definition) is 5. The van der Waals surface area contributed by atoms with Gasteiger partial charge in [-0.15, -0.1) is 24.0 Å². The number of aliphatic imine (C=N–C) groups is 1. The van der Waals surface area contributed by atoms with E-state index in [0.29, 0.717) is 32.1 Å². The number of hydrogen-bond donors (Lipinski definition) is 2. The number of unbranched alkanes of at least 4 members (excludes halogenated alkanes) is 1. The summed E-state index contributed by atoms with van der Waals surface area (Å²) < 4.78 is 11.1. The SMILES string of the molecule is CCCCOCCOCCN=C(NCC)N1CCN(c2ccccc2O)CC1.I. The van der Waals surface area contributed by atoms with E-state index in [1.165, 1.54) is 0 Å². The van der Waals surface area contributed by atoms with Gasteiger partial charge < -0.3 is 29.7 Å². The number of piperazine rings is 1. The predicted molar refractivity (Wildman–Crippen MR) is 130 cm³/mol. The van der Waals surface area contributed by atoms with Gasteiger partial charge in [-0.25, -0.2) is 0 Å².